The number of benzene rings is 2. The third kappa shape index (κ3) is 1.65. The predicted octanol–water partition coefficient (Wildman–Crippen LogP) is 2.90. The second-order valence-corrected chi connectivity index (χ2v) is 5.05. The van der Waals surface area contributed by atoms with Crippen molar-refractivity contribution in [3.05, 3.63) is 48.5 Å². The molecule has 1 saturated heterocycles. The molecular formula is C16H14N2O2. The summed E-state index contributed by atoms with van der Waals surface area (Å²) in [5.74, 6) is 0. The number of para-hydroxylation sites is 2. The first-order chi connectivity index (χ1) is 9.83. The molecule has 0 bridgehead atoms. The summed E-state index contributed by atoms with van der Waals surface area (Å²) in [5, 5.41) is 5.18. The number of cyclic esters (lactones) is 1. The first-order valence-corrected chi connectivity index (χ1v) is 6.73. The molecule has 1 N–H and O–H groups in total. The molecular weight excluding hydrogens is 252 g/mol. The number of hydrogen-bond donors (Lipinski definition) is 1. The summed E-state index contributed by atoms with van der Waals surface area (Å²) in [5.41, 5.74) is 2.35. The van der Waals surface area contributed by atoms with Crippen LogP contribution in [0.2, 0.25) is 0 Å². The highest BCUT2D eigenvalue weighted by molar-refractivity contribution is 6.07. The third-order valence-electron chi connectivity index (χ3n) is 3.81. The van der Waals surface area contributed by atoms with Crippen LogP contribution in [-0.2, 0) is 11.3 Å². The minimum absolute atomic E-state index is 0.110. The standard InChI is InChI=1S/C16H14N2O2/c19-16-17-9-11(20-16)10-18-14-7-3-1-5-12(14)13-6-2-4-8-15(13)18/h1-8,11H,9-10H2,(H,17,19)/t11-/m0/s1. The second kappa shape index (κ2) is 4.27. The number of nitrogens with zero attached hydrogens (tertiary/aromatic N) is 1. The average Bonchev–Trinajstić information content (AvgIpc) is 3.03. The van der Waals surface area contributed by atoms with Crippen molar-refractivity contribution in [3.8, 4) is 0 Å². The smallest absolute Gasteiger partial charge is 0.407 e. The third-order valence-corrected chi connectivity index (χ3v) is 3.81. The molecule has 2 aromatic carbocycles. The first kappa shape index (κ1) is 11.3. The van der Waals surface area contributed by atoms with Gasteiger partial charge in [0.1, 0.15) is 6.10 Å². The Morgan fingerprint density at radius 3 is 2.20 bits per heavy atom. The lowest BCUT2D eigenvalue weighted by Crippen LogP contribution is -2.20. The molecule has 1 fully saturated rings. The van der Waals surface area contributed by atoms with Gasteiger partial charge < -0.3 is 14.6 Å². The van der Waals surface area contributed by atoms with Crippen molar-refractivity contribution in [3.63, 3.8) is 0 Å². The van der Waals surface area contributed by atoms with E-state index in [0.29, 0.717) is 13.1 Å². The lowest BCUT2D eigenvalue weighted by Gasteiger charge is -2.11. The van der Waals surface area contributed by atoms with E-state index in [-0.39, 0.29) is 12.2 Å². The number of ether oxygens (including phenoxy) is 1. The summed E-state index contributed by atoms with van der Waals surface area (Å²) in [4.78, 5) is 11.2. The van der Waals surface area contributed by atoms with Crippen molar-refractivity contribution in [2.24, 2.45) is 0 Å². The van der Waals surface area contributed by atoms with Gasteiger partial charge in [-0.2, -0.15) is 0 Å². The van der Waals surface area contributed by atoms with Gasteiger partial charge in [0.15, 0.2) is 0 Å². The molecule has 0 saturated carbocycles. The number of carbonyl (C=O) groups is 1. The van der Waals surface area contributed by atoms with E-state index in [1.165, 1.54) is 21.8 Å². The molecule has 1 amide bonds. The van der Waals surface area contributed by atoms with Crippen LogP contribution in [0.4, 0.5) is 4.79 Å². The van der Waals surface area contributed by atoms with Crippen LogP contribution in [0.3, 0.4) is 0 Å². The molecule has 4 nitrogen and oxygen atoms in total. The van der Waals surface area contributed by atoms with E-state index in [0.717, 1.165) is 0 Å². The molecule has 1 aliphatic heterocycles. The molecule has 1 atom stereocenters. The Balaban J connectivity index is 1.89. The van der Waals surface area contributed by atoms with E-state index >= 15 is 0 Å². The van der Waals surface area contributed by atoms with Crippen LogP contribution in [-0.4, -0.2) is 23.3 Å². The first-order valence-electron chi connectivity index (χ1n) is 6.73. The van der Waals surface area contributed by atoms with Crippen molar-refractivity contribution >= 4 is 27.9 Å². The summed E-state index contributed by atoms with van der Waals surface area (Å²) in [7, 11) is 0. The fourth-order valence-corrected chi connectivity index (χ4v) is 2.94. The zero-order valence-corrected chi connectivity index (χ0v) is 10.9. The monoisotopic (exact) mass is 266 g/mol. The minimum Gasteiger partial charge on any atom is -0.442 e. The summed E-state index contributed by atoms with van der Waals surface area (Å²) in [6.07, 6.45) is -0.433. The molecule has 100 valence electrons. The summed E-state index contributed by atoms with van der Waals surface area (Å²) >= 11 is 0. The summed E-state index contributed by atoms with van der Waals surface area (Å²) < 4.78 is 7.49. The van der Waals surface area contributed by atoms with Crippen LogP contribution in [0.15, 0.2) is 48.5 Å². The molecule has 4 rings (SSSR count). The van der Waals surface area contributed by atoms with Gasteiger partial charge in [-0.15, -0.1) is 0 Å². The van der Waals surface area contributed by atoms with Gasteiger partial charge >= 0.3 is 6.09 Å². The Labute approximate surface area is 115 Å². The molecule has 0 aliphatic carbocycles. The Morgan fingerprint density at radius 2 is 1.65 bits per heavy atom. The van der Waals surface area contributed by atoms with Gasteiger partial charge in [0, 0.05) is 21.8 Å². The topological polar surface area (TPSA) is 43.3 Å². The van der Waals surface area contributed by atoms with Gasteiger partial charge in [0.05, 0.1) is 13.1 Å². The highest BCUT2D eigenvalue weighted by Gasteiger charge is 2.24. The lowest BCUT2D eigenvalue weighted by atomic mass is 10.2. The molecule has 1 aliphatic rings. The summed E-state index contributed by atoms with van der Waals surface area (Å²) in [6, 6.07) is 16.7. The second-order valence-electron chi connectivity index (χ2n) is 5.05. The van der Waals surface area contributed by atoms with Crippen molar-refractivity contribution in [1.82, 2.24) is 9.88 Å². The van der Waals surface area contributed by atoms with Gasteiger partial charge in [0.25, 0.3) is 0 Å². The van der Waals surface area contributed by atoms with Crippen molar-refractivity contribution in [2.45, 2.75) is 12.6 Å². The molecule has 3 aromatic rings. The number of rotatable bonds is 2. The Kier molecular flexibility index (Phi) is 2.42. The lowest BCUT2D eigenvalue weighted by molar-refractivity contribution is 0.132. The maximum atomic E-state index is 11.2. The van der Waals surface area contributed by atoms with Crippen molar-refractivity contribution in [2.75, 3.05) is 6.54 Å². The Morgan fingerprint density at radius 1 is 1.05 bits per heavy atom. The van der Waals surface area contributed by atoms with E-state index in [1.54, 1.807) is 0 Å². The average molecular weight is 266 g/mol. The molecule has 1 aromatic heterocycles. The van der Waals surface area contributed by atoms with E-state index in [9.17, 15) is 4.79 Å². The van der Waals surface area contributed by atoms with E-state index < -0.39 is 0 Å². The van der Waals surface area contributed by atoms with Gasteiger partial charge in [-0.25, -0.2) is 4.79 Å². The minimum atomic E-state index is -0.323. The quantitative estimate of drug-likeness (QED) is 0.775. The number of carbonyl (C=O) groups excluding carboxylic acids is 1. The zero-order chi connectivity index (χ0) is 13.5. The number of nitrogens with one attached hydrogen (secondary N) is 1. The number of alkyl carbamates (subject to hydrolysis) is 1. The maximum Gasteiger partial charge on any atom is 0.407 e. The SMILES string of the molecule is O=C1NC[C@@H](Cn2c3ccccc3c3ccccc32)O1. The van der Waals surface area contributed by atoms with Crippen LogP contribution in [0.1, 0.15) is 0 Å². The zero-order valence-electron chi connectivity index (χ0n) is 10.9. The Bertz CT molecular complexity index is 753. The Hall–Kier alpha value is -2.49. The summed E-state index contributed by atoms with van der Waals surface area (Å²) in [6.45, 7) is 1.24. The highest BCUT2D eigenvalue weighted by Crippen LogP contribution is 2.29. The molecule has 4 heteroatoms. The number of amides is 1. The normalized spacial score (nSPS) is 18.4. The van der Waals surface area contributed by atoms with Crippen molar-refractivity contribution in [1.29, 1.82) is 0 Å². The predicted molar refractivity (Wildman–Crippen MR) is 77.7 cm³/mol. The molecule has 2 heterocycles. The van der Waals surface area contributed by atoms with Gasteiger partial charge in [-0.3, -0.25) is 0 Å². The molecule has 0 radical (unpaired) electrons. The fraction of sp³-hybridized carbons (Fsp3) is 0.188. The van der Waals surface area contributed by atoms with E-state index in [2.05, 4.69) is 46.3 Å². The van der Waals surface area contributed by atoms with Gasteiger partial charge in [0.2, 0.25) is 0 Å². The van der Waals surface area contributed by atoms with Crippen molar-refractivity contribution < 1.29 is 9.53 Å². The fourth-order valence-electron chi connectivity index (χ4n) is 2.94. The molecule has 0 spiro atoms. The van der Waals surface area contributed by atoms with E-state index in [4.69, 9.17) is 4.74 Å². The highest BCUT2D eigenvalue weighted by atomic mass is 16.6. The van der Waals surface area contributed by atoms with Crippen LogP contribution < -0.4 is 5.32 Å². The van der Waals surface area contributed by atoms with Crippen LogP contribution in [0.5, 0.6) is 0 Å². The number of aromatic nitrogens is 1. The molecule has 20 heavy (non-hydrogen) atoms. The van der Waals surface area contributed by atoms with Crippen LogP contribution in [0, 0.1) is 0 Å². The molecule has 0 unspecified atom stereocenters. The largest absolute Gasteiger partial charge is 0.442 e. The van der Waals surface area contributed by atoms with Gasteiger partial charge in [-0.05, 0) is 12.1 Å². The number of fused-ring (bicyclic) bond motifs is 3. The van der Waals surface area contributed by atoms with Crippen LogP contribution >= 0.6 is 0 Å². The van der Waals surface area contributed by atoms with Crippen LogP contribution in [0.25, 0.3) is 21.8 Å². The van der Waals surface area contributed by atoms with E-state index in [1.807, 2.05) is 12.1 Å². The maximum absolute atomic E-state index is 11.2. The number of hydrogen-bond acceptors (Lipinski definition) is 2. The van der Waals surface area contributed by atoms with Gasteiger partial charge in [-0.1, -0.05) is 36.4 Å².